The maximum Gasteiger partial charge on any atom is 0.252 e. The van der Waals surface area contributed by atoms with E-state index in [0.29, 0.717) is 5.02 Å². The van der Waals surface area contributed by atoms with Crippen LogP contribution in [0.4, 0.5) is 0 Å². The zero-order valence-corrected chi connectivity index (χ0v) is 15.2. The van der Waals surface area contributed by atoms with Gasteiger partial charge in [-0.2, -0.15) is 0 Å². The first-order valence-electron chi connectivity index (χ1n) is 6.88. The molecule has 0 fully saturated rings. The average molecular weight is 392 g/mol. The minimum atomic E-state index is -3.76. The third-order valence-corrected chi connectivity index (χ3v) is 5.38. The predicted octanol–water partition coefficient (Wildman–Crippen LogP) is 2.31. The molecular formula is C14H15Cl2N3O4S. The normalized spacial score (nSPS) is 11.5. The average Bonchev–Trinajstić information content (AvgIpc) is 2.85. The van der Waals surface area contributed by atoms with Gasteiger partial charge in [0.2, 0.25) is 10.0 Å². The van der Waals surface area contributed by atoms with Crippen molar-refractivity contribution in [3.05, 3.63) is 45.3 Å². The minimum absolute atomic E-state index is 0.00365. The van der Waals surface area contributed by atoms with E-state index in [1.165, 1.54) is 26.0 Å². The summed E-state index contributed by atoms with van der Waals surface area (Å²) >= 11 is 11.8. The summed E-state index contributed by atoms with van der Waals surface area (Å²) < 4.78 is 31.6. The van der Waals surface area contributed by atoms with Crippen molar-refractivity contribution in [1.29, 1.82) is 0 Å². The lowest BCUT2D eigenvalue weighted by Crippen LogP contribution is -2.35. The monoisotopic (exact) mass is 391 g/mol. The molecule has 10 heteroatoms. The van der Waals surface area contributed by atoms with Gasteiger partial charge in [0.25, 0.3) is 5.91 Å². The Hall–Kier alpha value is -1.61. The van der Waals surface area contributed by atoms with E-state index >= 15 is 0 Å². The fourth-order valence-corrected chi connectivity index (χ4v) is 3.79. The van der Waals surface area contributed by atoms with E-state index in [1.807, 2.05) is 0 Å². The van der Waals surface area contributed by atoms with Gasteiger partial charge in [0.15, 0.2) is 5.76 Å². The number of aryl methyl sites for hydroxylation is 2. The third kappa shape index (κ3) is 4.27. The van der Waals surface area contributed by atoms with Crippen LogP contribution >= 0.6 is 23.2 Å². The molecule has 2 rings (SSSR count). The molecule has 0 aliphatic rings. The molecule has 1 heterocycles. The van der Waals surface area contributed by atoms with Crippen LogP contribution in [0.3, 0.4) is 0 Å². The maximum atomic E-state index is 12.2. The van der Waals surface area contributed by atoms with Crippen molar-refractivity contribution >= 4 is 39.1 Å². The van der Waals surface area contributed by atoms with Crippen LogP contribution in [0.25, 0.3) is 0 Å². The number of carbonyl (C=O) groups is 1. The third-order valence-electron chi connectivity index (χ3n) is 3.11. The Labute approximate surface area is 149 Å². The highest BCUT2D eigenvalue weighted by Crippen LogP contribution is 2.20. The lowest BCUT2D eigenvalue weighted by Gasteiger charge is -2.09. The Balaban J connectivity index is 1.93. The highest BCUT2D eigenvalue weighted by atomic mass is 35.5. The number of amides is 1. The Morgan fingerprint density at radius 3 is 2.58 bits per heavy atom. The molecule has 130 valence electrons. The topological polar surface area (TPSA) is 101 Å². The van der Waals surface area contributed by atoms with Gasteiger partial charge in [0, 0.05) is 18.1 Å². The summed E-state index contributed by atoms with van der Waals surface area (Å²) in [5.74, 6) is -0.242. The molecular weight excluding hydrogens is 377 g/mol. The van der Waals surface area contributed by atoms with Crippen molar-refractivity contribution in [1.82, 2.24) is 15.2 Å². The number of aromatic nitrogens is 1. The molecule has 1 aromatic carbocycles. The van der Waals surface area contributed by atoms with Gasteiger partial charge < -0.3 is 9.84 Å². The lowest BCUT2D eigenvalue weighted by molar-refractivity contribution is 0.0954. The van der Waals surface area contributed by atoms with Crippen molar-refractivity contribution in [2.45, 2.75) is 18.7 Å². The Bertz CT molecular complexity index is 845. The van der Waals surface area contributed by atoms with Gasteiger partial charge in [-0.1, -0.05) is 28.4 Å². The van der Waals surface area contributed by atoms with Crippen molar-refractivity contribution in [3.63, 3.8) is 0 Å². The number of sulfonamides is 1. The molecule has 0 bridgehead atoms. The largest absolute Gasteiger partial charge is 0.360 e. The molecule has 7 nitrogen and oxygen atoms in total. The van der Waals surface area contributed by atoms with Gasteiger partial charge in [-0.25, -0.2) is 13.1 Å². The van der Waals surface area contributed by atoms with Crippen molar-refractivity contribution < 1.29 is 17.7 Å². The van der Waals surface area contributed by atoms with Crippen LogP contribution in [0.2, 0.25) is 10.0 Å². The standard InChI is InChI=1S/C14H15Cl2N3O4S/c1-8-13(9(2)23-19-8)24(21,22)18-6-5-17-14(20)11-7-10(15)3-4-12(11)16/h3-4,7,18H,5-6H2,1-2H3,(H,17,20). The van der Waals surface area contributed by atoms with E-state index in [1.54, 1.807) is 6.07 Å². The Morgan fingerprint density at radius 1 is 1.25 bits per heavy atom. The first kappa shape index (κ1) is 18.7. The summed E-state index contributed by atoms with van der Waals surface area (Å²) in [6, 6.07) is 4.52. The second-order valence-electron chi connectivity index (χ2n) is 4.93. The van der Waals surface area contributed by atoms with Gasteiger partial charge in [0.1, 0.15) is 10.6 Å². The Kier molecular flexibility index (Phi) is 5.87. The van der Waals surface area contributed by atoms with E-state index in [4.69, 9.17) is 27.7 Å². The van der Waals surface area contributed by atoms with E-state index in [0.717, 1.165) is 0 Å². The lowest BCUT2D eigenvalue weighted by atomic mass is 10.2. The van der Waals surface area contributed by atoms with E-state index in [-0.39, 0.29) is 40.0 Å². The minimum Gasteiger partial charge on any atom is -0.360 e. The molecule has 1 amide bonds. The van der Waals surface area contributed by atoms with Gasteiger partial charge in [0.05, 0.1) is 10.6 Å². The summed E-state index contributed by atoms with van der Waals surface area (Å²) in [4.78, 5) is 12.0. The van der Waals surface area contributed by atoms with Gasteiger partial charge in [-0.15, -0.1) is 0 Å². The number of halogens is 2. The van der Waals surface area contributed by atoms with Gasteiger partial charge in [-0.3, -0.25) is 4.79 Å². The smallest absolute Gasteiger partial charge is 0.252 e. The Morgan fingerprint density at radius 2 is 1.96 bits per heavy atom. The van der Waals surface area contributed by atoms with Crippen LogP contribution in [-0.2, 0) is 10.0 Å². The van der Waals surface area contributed by atoms with Crippen molar-refractivity contribution in [2.75, 3.05) is 13.1 Å². The summed E-state index contributed by atoms with van der Waals surface area (Å²) in [5.41, 5.74) is 0.493. The van der Waals surface area contributed by atoms with Gasteiger partial charge >= 0.3 is 0 Å². The molecule has 0 unspecified atom stereocenters. The number of nitrogens with zero attached hydrogens (tertiary/aromatic N) is 1. The second-order valence-corrected chi connectivity index (χ2v) is 7.48. The summed E-state index contributed by atoms with van der Waals surface area (Å²) in [6.07, 6.45) is 0. The number of nitrogens with one attached hydrogen (secondary N) is 2. The van der Waals surface area contributed by atoms with Crippen molar-refractivity contribution in [2.24, 2.45) is 0 Å². The number of rotatable bonds is 6. The first-order valence-corrected chi connectivity index (χ1v) is 9.12. The highest BCUT2D eigenvalue weighted by molar-refractivity contribution is 7.89. The van der Waals surface area contributed by atoms with E-state index in [2.05, 4.69) is 15.2 Å². The van der Waals surface area contributed by atoms with Crippen LogP contribution in [0.5, 0.6) is 0 Å². The van der Waals surface area contributed by atoms with E-state index < -0.39 is 15.9 Å². The first-order chi connectivity index (χ1) is 11.2. The summed E-state index contributed by atoms with van der Waals surface area (Å²) in [5, 5.41) is 6.81. The fourth-order valence-electron chi connectivity index (χ4n) is 2.06. The number of benzene rings is 1. The van der Waals surface area contributed by atoms with Crippen LogP contribution in [0, 0.1) is 13.8 Å². The van der Waals surface area contributed by atoms with Crippen molar-refractivity contribution in [3.8, 4) is 0 Å². The van der Waals surface area contributed by atoms with Crippen LogP contribution in [0.1, 0.15) is 21.8 Å². The fraction of sp³-hybridized carbons (Fsp3) is 0.286. The molecule has 0 saturated heterocycles. The second kappa shape index (κ2) is 7.52. The SMILES string of the molecule is Cc1noc(C)c1S(=O)(=O)NCCNC(=O)c1cc(Cl)ccc1Cl. The highest BCUT2D eigenvalue weighted by Gasteiger charge is 2.23. The predicted molar refractivity (Wildman–Crippen MR) is 90.0 cm³/mol. The molecule has 0 spiro atoms. The molecule has 0 aliphatic carbocycles. The quantitative estimate of drug-likeness (QED) is 0.735. The zero-order chi connectivity index (χ0) is 17.9. The molecule has 2 N–H and O–H groups in total. The molecule has 0 aliphatic heterocycles. The number of hydrogen-bond acceptors (Lipinski definition) is 5. The molecule has 0 atom stereocenters. The van der Waals surface area contributed by atoms with E-state index in [9.17, 15) is 13.2 Å². The van der Waals surface area contributed by atoms with Crippen LogP contribution in [-0.4, -0.2) is 32.6 Å². The summed E-state index contributed by atoms with van der Waals surface area (Å²) in [7, 11) is -3.76. The molecule has 0 saturated carbocycles. The number of carbonyl (C=O) groups excluding carboxylic acids is 1. The van der Waals surface area contributed by atoms with Gasteiger partial charge in [-0.05, 0) is 32.0 Å². The van der Waals surface area contributed by atoms with Crippen LogP contribution in [0.15, 0.2) is 27.6 Å². The van der Waals surface area contributed by atoms with Crippen LogP contribution < -0.4 is 10.0 Å². The molecule has 0 radical (unpaired) electrons. The summed E-state index contributed by atoms with van der Waals surface area (Å²) in [6.45, 7) is 3.12. The number of hydrogen-bond donors (Lipinski definition) is 2. The maximum absolute atomic E-state index is 12.2. The molecule has 1 aromatic heterocycles. The molecule has 24 heavy (non-hydrogen) atoms. The molecule has 2 aromatic rings. The zero-order valence-electron chi connectivity index (χ0n) is 12.9.